The fourth-order valence-corrected chi connectivity index (χ4v) is 5.62. The van der Waals surface area contributed by atoms with E-state index >= 15 is 0 Å². The Hall–Kier alpha value is -2.39. The van der Waals surface area contributed by atoms with Crippen molar-refractivity contribution in [2.75, 3.05) is 26.8 Å². The topological polar surface area (TPSA) is 59.1 Å². The van der Waals surface area contributed by atoms with Crippen LogP contribution >= 0.6 is 35.6 Å². The summed E-state index contributed by atoms with van der Waals surface area (Å²) < 4.78 is 11.5. The van der Waals surface area contributed by atoms with Crippen LogP contribution in [0.3, 0.4) is 0 Å². The van der Waals surface area contributed by atoms with Gasteiger partial charge in [0.2, 0.25) is 5.91 Å². The van der Waals surface area contributed by atoms with Crippen molar-refractivity contribution in [3.8, 4) is 5.75 Å². The molecular formula is C27H29ClN2O4S2. The molecule has 1 atom stereocenters. The average Bonchev–Trinajstić information content (AvgIpc) is 3.48. The lowest BCUT2D eigenvalue weighted by Gasteiger charge is -2.26. The van der Waals surface area contributed by atoms with Crippen molar-refractivity contribution >= 4 is 57.8 Å². The van der Waals surface area contributed by atoms with Gasteiger partial charge < -0.3 is 14.4 Å². The van der Waals surface area contributed by atoms with Gasteiger partial charge in [0.15, 0.2) is 0 Å². The molecule has 0 N–H and O–H groups in total. The lowest BCUT2D eigenvalue weighted by atomic mass is 10.1. The van der Waals surface area contributed by atoms with E-state index in [9.17, 15) is 9.59 Å². The lowest BCUT2D eigenvalue weighted by molar-refractivity contribution is -0.134. The van der Waals surface area contributed by atoms with Crippen molar-refractivity contribution in [2.24, 2.45) is 0 Å². The number of ether oxygens (including phenoxy) is 2. The smallest absolute Gasteiger partial charge is 0.266 e. The molecule has 2 amide bonds. The monoisotopic (exact) mass is 544 g/mol. The highest BCUT2D eigenvalue weighted by molar-refractivity contribution is 8.26. The summed E-state index contributed by atoms with van der Waals surface area (Å²) in [6.07, 6.45) is 4.74. The Morgan fingerprint density at radius 1 is 1.25 bits per heavy atom. The maximum absolute atomic E-state index is 13.2. The summed E-state index contributed by atoms with van der Waals surface area (Å²) in [5, 5.41) is 0.667. The minimum atomic E-state index is -0.120. The van der Waals surface area contributed by atoms with Crippen molar-refractivity contribution in [1.29, 1.82) is 0 Å². The van der Waals surface area contributed by atoms with E-state index in [1.54, 1.807) is 12.0 Å². The van der Waals surface area contributed by atoms with E-state index < -0.39 is 0 Å². The minimum Gasteiger partial charge on any atom is -0.497 e. The number of carbonyl (C=O) groups is 2. The second kappa shape index (κ2) is 12.7. The van der Waals surface area contributed by atoms with Gasteiger partial charge in [-0.3, -0.25) is 14.5 Å². The van der Waals surface area contributed by atoms with E-state index in [0.717, 1.165) is 36.3 Å². The van der Waals surface area contributed by atoms with E-state index in [2.05, 4.69) is 0 Å². The number of rotatable bonds is 10. The van der Waals surface area contributed by atoms with Crippen molar-refractivity contribution in [2.45, 2.75) is 38.3 Å². The molecule has 2 aliphatic rings. The zero-order valence-corrected chi connectivity index (χ0v) is 22.5. The predicted molar refractivity (Wildman–Crippen MR) is 148 cm³/mol. The van der Waals surface area contributed by atoms with Crippen LogP contribution in [-0.2, 0) is 20.9 Å². The molecule has 36 heavy (non-hydrogen) atoms. The molecule has 0 saturated carbocycles. The SMILES string of the molecule is COc1ccc(/C=C2\SC(=S)N(CCCC(=O)N(Cc3ccc(Cl)cc3)CC3CCCO3)C2=O)cc1. The van der Waals surface area contributed by atoms with Crippen LogP contribution < -0.4 is 4.74 Å². The first-order chi connectivity index (χ1) is 17.4. The third-order valence-corrected chi connectivity index (χ3v) is 7.78. The van der Waals surface area contributed by atoms with Crippen molar-refractivity contribution < 1.29 is 19.1 Å². The number of nitrogens with zero attached hydrogens (tertiary/aromatic N) is 2. The summed E-state index contributed by atoms with van der Waals surface area (Å²) in [6, 6.07) is 15.0. The van der Waals surface area contributed by atoms with Gasteiger partial charge in [-0.1, -0.05) is 59.8 Å². The molecular weight excluding hydrogens is 516 g/mol. The summed E-state index contributed by atoms with van der Waals surface area (Å²) in [4.78, 5) is 30.2. The van der Waals surface area contributed by atoms with Gasteiger partial charge in [-0.25, -0.2) is 0 Å². The number of methoxy groups -OCH3 is 1. The normalized spacial score (nSPS) is 18.8. The number of benzene rings is 2. The molecule has 0 aromatic heterocycles. The minimum absolute atomic E-state index is 0.0414. The van der Waals surface area contributed by atoms with Crippen LogP contribution in [-0.4, -0.2) is 58.8 Å². The molecule has 2 saturated heterocycles. The van der Waals surface area contributed by atoms with Crippen LogP contribution in [0.15, 0.2) is 53.4 Å². The van der Waals surface area contributed by atoms with E-state index in [1.807, 2.05) is 59.5 Å². The molecule has 9 heteroatoms. The summed E-state index contributed by atoms with van der Waals surface area (Å²) in [5.41, 5.74) is 1.92. The molecule has 0 spiro atoms. The van der Waals surface area contributed by atoms with Crippen LogP contribution in [0.2, 0.25) is 5.02 Å². The quantitative estimate of drug-likeness (QED) is 0.289. The van der Waals surface area contributed by atoms with Gasteiger partial charge in [0.25, 0.3) is 5.91 Å². The molecule has 6 nitrogen and oxygen atoms in total. The third kappa shape index (κ3) is 7.09. The second-order valence-electron chi connectivity index (χ2n) is 8.75. The van der Waals surface area contributed by atoms with Gasteiger partial charge >= 0.3 is 0 Å². The molecule has 2 aliphatic heterocycles. The number of halogens is 1. The number of amides is 2. The highest BCUT2D eigenvalue weighted by Gasteiger charge is 2.32. The molecule has 0 bridgehead atoms. The molecule has 0 radical (unpaired) electrons. The second-order valence-corrected chi connectivity index (χ2v) is 10.9. The number of thioether (sulfide) groups is 1. The van der Waals surface area contributed by atoms with Crippen LogP contribution in [0.25, 0.3) is 6.08 Å². The first-order valence-corrected chi connectivity index (χ1v) is 13.6. The molecule has 2 aromatic rings. The van der Waals surface area contributed by atoms with Gasteiger partial charge in [-0.05, 0) is 60.7 Å². The van der Waals surface area contributed by atoms with Crippen LogP contribution in [0.1, 0.15) is 36.8 Å². The van der Waals surface area contributed by atoms with Gasteiger partial charge in [0.1, 0.15) is 10.1 Å². The zero-order valence-electron chi connectivity index (χ0n) is 20.2. The fraction of sp³-hybridized carbons (Fsp3) is 0.370. The molecule has 0 aliphatic carbocycles. The highest BCUT2D eigenvalue weighted by atomic mass is 35.5. The lowest BCUT2D eigenvalue weighted by Crippen LogP contribution is -2.37. The maximum atomic E-state index is 13.2. The van der Waals surface area contributed by atoms with Crippen LogP contribution in [0.5, 0.6) is 5.75 Å². The van der Waals surface area contributed by atoms with Gasteiger partial charge in [0.05, 0.1) is 18.1 Å². The predicted octanol–water partition coefficient (Wildman–Crippen LogP) is 5.54. The standard InChI is InChI=1S/C27H29ClN2O4S2/c1-33-22-12-8-19(9-13-22)16-24-26(32)30(27(35)36-24)14-2-5-25(31)29(18-23-4-3-15-34-23)17-20-6-10-21(28)11-7-20/h6-13,16,23H,2-5,14-15,17-18H2,1H3/b24-16-. The summed E-state index contributed by atoms with van der Waals surface area (Å²) in [6.45, 7) is 2.21. The molecule has 190 valence electrons. The third-order valence-electron chi connectivity index (χ3n) is 6.15. The van der Waals surface area contributed by atoms with Crippen molar-refractivity contribution in [1.82, 2.24) is 9.80 Å². The number of hydrogen-bond donors (Lipinski definition) is 0. The number of hydrogen-bond acceptors (Lipinski definition) is 6. The molecule has 2 aromatic carbocycles. The summed E-state index contributed by atoms with van der Waals surface area (Å²) >= 11 is 12.8. The average molecular weight is 545 g/mol. The summed E-state index contributed by atoms with van der Waals surface area (Å²) in [7, 11) is 1.62. The van der Waals surface area contributed by atoms with Crippen LogP contribution in [0.4, 0.5) is 0 Å². The summed E-state index contributed by atoms with van der Waals surface area (Å²) in [5.74, 6) is 0.680. The van der Waals surface area contributed by atoms with E-state index in [-0.39, 0.29) is 17.9 Å². The molecule has 4 rings (SSSR count). The van der Waals surface area contributed by atoms with Crippen LogP contribution in [0, 0.1) is 0 Å². The molecule has 1 unspecified atom stereocenters. The molecule has 2 fully saturated rings. The first kappa shape index (κ1) is 26.7. The largest absolute Gasteiger partial charge is 0.497 e. The highest BCUT2D eigenvalue weighted by Crippen LogP contribution is 2.33. The molecule has 2 heterocycles. The Balaban J connectivity index is 1.34. The number of thiocarbonyl (C=S) groups is 1. The zero-order chi connectivity index (χ0) is 25.5. The maximum Gasteiger partial charge on any atom is 0.266 e. The van der Waals surface area contributed by atoms with Crippen molar-refractivity contribution in [3.63, 3.8) is 0 Å². The van der Waals surface area contributed by atoms with E-state index in [0.29, 0.717) is 46.7 Å². The Morgan fingerprint density at radius 3 is 2.67 bits per heavy atom. The fourth-order valence-electron chi connectivity index (χ4n) is 4.19. The van der Waals surface area contributed by atoms with Crippen molar-refractivity contribution in [3.05, 3.63) is 69.6 Å². The van der Waals surface area contributed by atoms with E-state index in [4.69, 9.17) is 33.3 Å². The van der Waals surface area contributed by atoms with E-state index in [1.165, 1.54) is 11.8 Å². The Bertz CT molecular complexity index is 1120. The Morgan fingerprint density at radius 2 is 2.00 bits per heavy atom. The number of carbonyl (C=O) groups excluding carboxylic acids is 2. The van der Waals surface area contributed by atoms with Gasteiger partial charge in [-0.15, -0.1) is 0 Å². The Kier molecular flexibility index (Phi) is 9.42. The first-order valence-electron chi connectivity index (χ1n) is 12.0. The Labute approximate surface area is 226 Å². The van der Waals surface area contributed by atoms with Gasteiger partial charge in [0, 0.05) is 37.7 Å². The van der Waals surface area contributed by atoms with Gasteiger partial charge in [-0.2, -0.15) is 0 Å².